The van der Waals surface area contributed by atoms with Gasteiger partial charge in [0.15, 0.2) is 0 Å². The molecule has 0 spiro atoms. The van der Waals surface area contributed by atoms with Gasteiger partial charge in [0.2, 0.25) is 0 Å². The molecular weight excluding hydrogens is 364 g/mol. The average Bonchev–Trinajstić information content (AvgIpc) is 3.31. The fraction of sp³-hybridized carbons (Fsp3) is 0.0357. The maximum atomic E-state index is 4.54. The molecule has 0 atom stereocenters. The van der Waals surface area contributed by atoms with Gasteiger partial charge in [0, 0.05) is 5.56 Å². The van der Waals surface area contributed by atoms with Crippen LogP contribution in [-0.2, 0) is 0 Å². The molecule has 0 fully saturated rings. The summed E-state index contributed by atoms with van der Waals surface area (Å²) < 4.78 is 0. The van der Waals surface area contributed by atoms with E-state index >= 15 is 0 Å². The molecule has 30 heavy (non-hydrogen) atoms. The minimum absolute atomic E-state index is 0.951. The second-order valence-electron chi connectivity index (χ2n) is 7.51. The molecule has 0 aliphatic rings. The van der Waals surface area contributed by atoms with Crippen molar-refractivity contribution < 1.29 is 0 Å². The quantitative estimate of drug-likeness (QED) is 0.343. The van der Waals surface area contributed by atoms with E-state index in [1.165, 1.54) is 27.8 Å². The van der Waals surface area contributed by atoms with Gasteiger partial charge in [0.25, 0.3) is 0 Å². The van der Waals surface area contributed by atoms with E-state index in [1.54, 1.807) is 0 Å². The highest BCUT2D eigenvalue weighted by Gasteiger charge is 2.08. The molecule has 5 aromatic rings. The summed E-state index contributed by atoms with van der Waals surface area (Å²) in [5.74, 6) is 0. The predicted octanol–water partition coefficient (Wildman–Crippen LogP) is 7.39. The predicted molar refractivity (Wildman–Crippen MR) is 125 cm³/mol. The minimum atomic E-state index is 0.951. The lowest BCUT2D eigenvalue weighted by molar-refractivity contribution is 1.10. The lowest BCUT2D eigenvalue weighted by atomic mass is 9.96. The van der Waals surface area contributed by atoms with Crippen LogP contribution in [-0.4, -0.2) is 10.2 Å². The van der Waals surface area contributed by atoms with Crippen LogP contribution >= 0.6 is 0 Å². The first-order valence-corrected chi connectivity index (χ1v) is 10.2. The molecule has 1 aromatic heterocycles. The van der Waals surface area contributed by atoms with Crippen molar-refractivity contribution in [3.8, 4) is 44.8 Å². The third-order valence-electron chi connectivity index (χ3n) is 5.50. The Kier molecular flexibility index (Phi) is 4.74. The van der Waals surface area contributed by atoms with Crippen molar-refractivity contribution in [2.24, 2.45) is 0 Å². The Morgan fingerprint density at radius 1 is 0.533 bits per heavy atom. The van der Waals surface area contributed by atoms with Crippen molar-refractivity contribution in [2.75, 3.05) is 0 Å². The summed E-state index contributed by atoms with van der Waals surface area (Å²) in [5, 5.41) is 7.70. The fourth-order valence-electron chi connectivity index (χ4n) is 3.83. The highest BCUT2D eigenvalue weighted by Crippen LogP contribution is 2.30. The molecule has 144 valence electrons. The highest BCUT2D eigenvalue weighted by molar-refractivity contribution is 5.76. The highest BCUT2D eigenvalue weighted by atomic mass is 15.1. The number of hydrogen-bond donors (Lipinski definition) is 1. The minimum Gasteiger partial charge on any atom is -0.277 e. The zero-order valence-electron chi connectivity index (χ0n) is 16.8. The molecule has 0 saturated heterocycles. The Balaban J connectivity index is 1.44. The topological polar surface area (TPSA) is 28.7 Å². The average molecular weight is 386 g/mol. The number of H-pyrrole nitrogens is 1. The normalized spacial score (nSPS) is 10.8. The smallest absolute Gasteiger partial charge is 0.0927 e. The van der Waals surface area contributed by atoms with Crippen LogP contribution in [0.1, 0.15) is 5.56 Å². The van der Waals surface area contributed by atoms with Gasteiger partial charge in [0.05, 0.1) is 11.4 Å². The monoisotopic (exact) mass is 386 g/mol. The SMILES string of the molecule is Cc1ccccc1-c1ccc(-c2cccc(-c3cc(-c4ccccc4)[nH]n3)c2)cc1. The van der Waals surface area contributed by atoms with Crippen molar-refractivity contribution >= 4 is 0 Å². The van der Waals surface area contributed by atoms with Crippen LogP contribution in [0.2, 0.25) is 0 Å². The summed E-state index contributed by atoms with van der Waals surface area (Å²) in [6, 6.07) is 38.2. The first-order valence-electron chi connectivity index (χ1n) is 10.2. The Morgan fingerprint density at radius 2 is 1.20 bits per heavy atom. The van der Waals surface area contributed by atoms with E-state index in [2.05, 4.69) is 108 Å². The standard InChI is InChI=1S/C28H22N2/c1-20-8-5-6-13-26(20)22-16-14-21(15-17-22)24-11-7-12-25(18-24)28-19-27(29-30-28)23-9-3-2-4-10-23/h2-19H,1H3,(H,29,30). The first-order chi connectivity index (χ1) is 14.8. The number of nitrogens with one attached hydrogen (secondary N) is 1. The van der Waals surface area contributed by atoms with Crippen LogP contribution in [0.25, 0.3) is 44.8 Å². The number of benzene rings is 4. The molecule has 0 bridgehead atoms. The summed E-state index contributed by atoms with van der Waals surface area (Å²) in [6.45, 7) is 2.15. The van der Waals surface area contributed by atoms with Gasteiger partial charge in [0.1, 0.15) is 0 Å². The van der Waals surface area contributed by atoms with E-state index < -0.39 is 0 Å². The number of nitrogens with zero attached hydrogens (tertiary/aromatic N) is 1. The summed E-state index contributed by atoms with van der Waals surface area (Å²) >= 11 is 0. The van der Waals surface area contributed by atoms with Gasteiger partial charge in [-0.25, -0.2) is 0 Å². The van der Waals surface area contributed by atoms with Crippen molar-refractivity contribution in [1.29, 1.82) is 0 Å². The van der Waals surface area contributed by atoms with Crippen molar-refractivity contribution in [2.45, 2.75) is 6.92 Å². The molecule has 0 radical (unpaired) electrons. The maximum absolute atomic E-state index is 4.54. The van der Waals surface area contributed by atoms with Crippen LogP contribution in [0.5, 0.6) is 0 Å². The second-order valence-corrected chi connectivity index (χ2v) is 7.51. The largest absolute Gasteiger partial charge is 0.277 e. The van der Waals surface area contributed by atoms with Gasteiger partial charge in [-0.15, -0.1) is 0 Å². The number of rotatable bonds is 4. The second kappa shape index (κ2) is 7.84. The molecule has 5 rings (SSSR count). The van der Waals surface area contributed by atoms with Gasteiger partial charge in [-0.05, 0) is 52.4 Å². The first kappa shape index (κ1) is 18.1. The Bertz CT molecular complexity index is 1280. The number of aromatic amines is 1. The van der Waals surface area contributed by atoms with Crippen LogP contribution in [0, 0.1) is 6.92 Å². The summed E-state index contributed by atoms with van der Waals surface area (Å²) in [7, 11) is 0. The molecule has 1 heterocycles. The van der Waals surface area contributed by atoms with E-state index in [-0.39, 0.29) is 0 Å². The van der Waals surface area contributed by atoms with E-state index in [9.17, 15) is 0 Å². The van der Waals surface area contributed by atoms with Crippen LogP contribution < -0.4 is 0 Å². The van der Waals surface area contributed by atoms with Crippen molar-refractivity contribution in [3.05, 3.63) is 115 Å². The summed E-state index contributed by atoms with van der Waals surface area (Å²) in [6.07, 6.45) is 0. The molecule has 0 aliphatic heterocycles. The van der Waals surface area contributed by atoms with Crippen LogP contribution in [0.4, 0.5) is 0 Å². The fourth-order valence-corrected chi connectivity index (χ4v) is 3.83. The number of aryl methyl sites for hydroxylation is 1. The number of hydrogen-bond acceptors (Lipinski definition) is 1. The van der Waals surface area contributed by atoms with Gasteiger partial charge < -0.3 is 0 Å². The molecule has 0 aliphatic carbocycles. The van der Waals surface area contributed by atoms with E-state index in [0.717, 1.165) is 22.5 Å². The molecule has 0 saturated carbocycles. The Labute approximate surface area is 176 Å². The van der Waals surface area contributed by atoms with Crippen molar-refractivity contribution in [1.82, 2.24) is 10.2 Å². The van der Waals surface area contributed by atoms with E-state index in [0.29, 0.717) is 0 Å². The molecule has 1 N–H and O–H groups in total. The number of aromatic nitrogens is 2. The lowest BCUT2D eigenvalue weighted by Crippen LogP contribution is -1.84. The maximum Gasteiger partial charge on any atom is 0.0927 e. The van der Waals surface area contributed by atoms with Crippen molar-refractivity contribution in [3.63, 3.8) is 0 Å². The Morgan fingerprint density at radius 3 is 2.00 bits per heavy atom. The van der Waals surface area contributed by atoms with E-state index in [4.69, 9.17) is 0 Å². The molecule has 0 unspecified atom stereocenters. The van der Waals surface area contributed by atoms with Gasteiger partial charge in [-0.2, -0.15) is 5.10 Å². The third-order valence-corrected chi connectivity index (χ3v) is 5.50. The molecular formula is C28H22N2. The van der Waals surface area contributed by atoms with Crippen LogP contribution in [0.15, 0.2) is 109 Å². The zero-order chi connectivity index (χ0) is 20.3. The summed E-state index contributed by atoms with van der Waals surface area (Å²) in [5.41, 5.74) is 10.4. The molecule has 2 nitrogen and oxygen atoms in total. The summed E-state index contributed by atoms with van der Waals surface area (Å²) in [4.78, 5) is 0. The van der Waals surface area contributed by atoms with Crippen LogP contribution in [0.3, 0.4) is 0 Å². The van der Waals surface area contributed by atoms with Gasteiger partial charge >= 0.3 is 0 Å². The molecule has 0 amide bonds. The zero-order valence-corrected chi connectivity index (χ0v) is 16.8. The Hall–Kier alpha value is -3.91. The molecule has 4 aromatic carbocycles. The lowest BCUT2D eigenvalue weighted by Gasteiger charge is -2.08. The van der Waals surface area contributed by atoms with Gasteiger partial charge in [-0.1, -0.05) is 97.1 Å². The van der Waals surface area contributed by atoms with E-state index in [1.807, 2.05) is 18.2 Å². The molecule has 2 heteroatoms. The third kappa shape index (κ3) is 3.56. The van der Waals surface area contributed by atoms with Gasteiger partial charge in [-0.3, -0.25) is 5.10 Å².